The topological polar surface area (TPSA) is 68.3 Å². The van der Waals surface area contributed by atoms with Crippen molar-refractivity contribution in [1.82, 2.24) is 0 Å². The number of hydroxylamine groups is 1. The van der Waals surface area contributed by atoms with Gasteiger partial charge in [-0.15, -0.1) is 0 Å². The average molecular weight is 505 g/mol. The van der Waals surface area contributed by atoms with Crippen LogP contribution in [-0.4, -0.2) is 31.1 Å². The van der Waals surface area contributed by atoms with Crippen LogP contribution in [0.4, 0.5) is 15.8 Å². The zero-order valence-corrected chi connectivity index (χ0v) is 20.8. The Bertz CT molecular complexity index is 1280. The second-order valence-corrected chi connectivity index (χ2v) is 8.99. The molecule has 0 saturated carbocycles. The number of halogens is 1. The summed E-state index contributed by atoms with van der Waals surface area (Å²) in [4.78, 5) is 34.4. The summed E-state index contributed by atoms with van der Waals surface area (Å²) in [6.45, 7) is 4.99. The predicted molar refractivity (Wildman–Crippen MR) is 137 cm³/mol. The number of hydrogen-bond acceptors (Lipinski definition) is 6. The van der Waals surface area contributed by atoms with Gasteiger partial charge in [-0.25, -0.2) is 14.4 Å². The molecule has 3 atom stereocenters. The van der Waals surface area contributed by atoms with E-state index in [2.05, 4.69) is 6.92 Å². The van der Waals surface area contributed by atoms with Gasteiger partial charge in [0, 0.05) is 0 Å². The van der Waals surface area contributed by atoms with E-state index in [1.807, 2.05) is 55.5 Å². The van der Waals surface area contributed by atoms with E-state index in [9.17, 15) is 14.0 Å². The summed E-state index contributed by atoms with van der Waals surface area (Å²) in [5, 5.41) is 1.62. The molecule has 8 heteroatoms. The normalized spacial score (nSPS) is 20.9. The van der Waals surface area contributed by atoms with Crippen LogP contribution in [0.1, 0.15) is 38.3 Å². The predicted octanol–water partition coefficient (Wildman–Crippen LogP) is 5.45. The number of rotatable bonds is 9. The first kappa shape index (κ1) is 24.8. The van der Waals surface area contributed by atoms with Crippen molar-refractivity contribution in [2.45, 2.75) is 38.8 Å². The van der Waals surface area contributed by atoms with Gasteiger partial charge in [0.05, 0.1) is 30.6 Å². The third-order valence-electron chi connectivity index (χ3n) is 6.56. The second-order valence-electron chi connectivity index (χ2n) is 8.99. The Morgan fingerprint density at radius 3 is 2.38 bits per heavy atom. The number of carbonyl (C=O) groups is 2. The van der Waals surface area contributed by atoms with Crippen molar-refractivity contribution in [2.75, 3.05) is 23.2 Å². The number of ether oxygens (including phenoxy) is 2. The standard InChI is InChI=1S/C29H29FN2O5/c1-3-5-16-36-23-15-14-19(17-24(23)35-4-2)26-25-27(37-32(26)21-11-7-6-8-12-21)29(34)31(28(25)33)22-13-9-10-20(30)18-22/h6-15,17-18,25-27H,3-5,16H2,1-2H3/t25-,26+,27-/m1/s1. The number of para-hydroxylation sites is 1. The van der Waals surface area contributed by atoms with Gasteiger partial charge in [0.15, 0.2) is 17.6 Å². The van der Waals surface area contributed by atoms with Gasteiger partial charge in [-0.3, -0.25) is 14.4 Å². The number of nitrogens with zero attached hydrogens (tertiary/aromatic N) is 2. The molecule has 0 aliphatic carbocycles. The molecule has 7 nitrogen and oxygen atoms in total. The summed E-state index contributed by atoms with van der Waals surface area (Å²) in [6.07, 6.45) is 0.883. The molecule has 2 aliphatic rings. The number of hydrogen-bond donors (Lipinski definition) is 0. The molecule has 192 valence electrons. The number of fused-ring (bicyclic) bond motifs is 1. The maximum Gasteiger partial charge on any atom is 0.266 e. The van der Waals surface area contributed by atoms with Crippen LogP contribution < -0.4 is 19.4 Å². The van der Waals surface area contributed by atoms with E-state index in [4.69, 9.17) is 14.3 Å². The molecule has 2 heterocycles. The zero-order chi connectivity index (χ0) is 25.9. The number of anilines is 2. The fourth-order valence-corrected chi connectivity index (χ4v) is 4.84. The summed E-state index contributed by atoms with van der Waals surface area (Å²) in [6, 6.07) is 19.7. The van der Waals surface area contributed by atoms with Crippen molar-refractivity contribution < 1.29 is 28.3 Å². The smallest absolute Gasteiger partial charge is 0.266 e. The number of unbranched alkanes of at least 4 members (excludes halogenated alkanes) is 1. The lowest BCUT2D eigenvalue weighted by Crippen LogP contribution is -2.37. The molecule has 0 bridgehead atoms. The maximum absolute atomic E-state index is 13.9. The highest BCUT2D eigenvalue weighted by Crippen LogP contribution is 2.48. The molecule has 0 aromatic heterocycles. The highest BCUT2D eigenvalue weighted by molar-refractivity contribution is 6.23. The minimum Gasteiger partial charge on any atom is -0.490 e. The number of imide groups is 1. The highest BCUT2D eigenvalue weighted by Gasteiger charge is 2.60. The van der Waals surface area contributed by atoms with Crippen molar-refractivity contribution in [3.05, 3.63) is 84.2 Å². The second kappa shape index (κ2) is 10.6. The Hall–Kier alpha value is -3.91. The lowest BCUT2D eigenvalue weighted by atomic mass is 9.90. The summed E-state index contributed by atoms with van der Waals surface area (Å²) in [7, 11) is 0. The summed E-state index contributed by atoms with van der Waals surface area (Å²) >= 11 is 0. The first-order valence-corrected chi connectivity index (χ1v) is 12.6. The van der Waals surface area contributed by atoms with Gasteiger partial charge in [0.1, 0.15) is 11.7 Å². The maximum atomic E-state index is 13.9. The van der Waals surface area contributed by atoms with Gasteiger partial charge in [-0.05, 0) is 61.4 Å². The van der Waals surface area contributed by atoms with Crippen molar-refractivity contribution in [2.24, 2.45) is 5.92 Å². The molecular formula is C29H29FN2O5. The van der Waals surface area contributed by atoms with Crippen LogP contribution in [0.2, 0.25) is 0 Å². The van der Waals surface area contributed by atoms with Crippen molar-refractivity contribution >= 4 is 23.2 Å². The lowest BCUT2D eigenvalue weighted by molar-refractivity contribution is -0.126. The van der Waals surface area contributed by atoms with Crippen LogP contribution in [0, 0.1) is 11.7 Å². The van der Waals surface area contributed by atoms with E-state index in [0.717, 1.165) is 23.3 Å². The van der Waals surface area contributed by atoms with E-state index in [0.29, 0.717) is 30.4 Å². The molecular weight excluding hydrogens is 475 g/mol. The molecule has 2 saturated heterocycles. The molecule has 2 aliphatic heterocycles. The number of carbonyl (C=O) groups excluding carboxylic acids is 2. The van der Waals surface area contributed by atoms with Gasteiger partial charge < -0.3 is 9.47 Å². The van der Waals surface area contributed by atoms with Crippen LogP contribution >= 0.6 is 0 Å². The van der Waals surface area contributed by atoms with Gasteiger partial charge in [0.2, 0.25) is 5.91 Å². The SMILES string of the molecule is CCCCOc1ccc([C@H]2[C@H]3C(=O)N(c4cccc(F)c4)C(=O)[C@@H]3ON2c2ccccc2)cc1OCC. The Kier molecular flexibility index (Phi) is 7.10. The highest BCUT2D eigenvalue weighted by atomic mass is 19.1. The fourth-order valence-electron chi connectivity index (χ4n) is 4.84. The van der Waals surface area contributed by atoms with Crippen molar-refractivity contribution in [1.29, 1.82) is 0 Å². The largest absolute Gasteiger partial charge is 0.490 e. The molecule has 3 aromatic carbocycles. The average Bonchev–Trinajstić information content (AvgIpc) is 3.41. The third kappa shape index (κ3) is 4.64. The van der Waals surface area contributed by atoms with Crippen molar-refractivity contribution in [3.63, 3.8) is 0 Å². The molecule has 2 amide bonds. The molecule has 5 rings (SSSR count). The Balaban J connectivity index is 1.55. The molecule has 3 aromatic rings. The molecule has 0 spiro atoms. The molecule has 0 N–H and O–H groups in total. The summed E-state index contributed by atoms with van der Waals surface area (Å²) < 4.78 is 25.8. The summed E-state index contributed by atoms with van der Waals surface area (Å²) in [5.74, 6) is -1.14. The quantitative estimate of drug-likeness (QED) is 0.285. The molecule has 0 unspecified atom stereocenters. The van der Waals surface area contributed by atoms with Gasteiger partial charge in [-0.2, -0.15) is 0 Å². The Morgan fingerprint density at radius 1 is 0.865 bits per heavy atom. The van der Waals surface area contributed by atoms with E-state index < -0.39 is 35.7 Å². The first-order chi connectivity index (χ1) is 18.0. The van der Waals surface area contributed by atoms with Crippen molar-refractivity contribution in [3.8, 4) is 11.5 Å². The molecule has 37 heavy (non-hydrogen) atoms. The van der Waals surface area contributed by atoms with Crippen LogP contribution in [0.3, 0.4) is 0 Å². The van der Waals surface area contributed by atoms with Crippen LogP contribution in [0.25, 0.3) is 0 Å². The van der Waals surface area contributed by atoms with E-state index in [1.54, 1.807) is 11.1 Å². The van der Waals surface area contributed by atoms with Crippen LogP contribution in [0.5, 0.6) is 11.5 Å². The fraction of sp³-hybridized carbons (Fsp3) is 0.310. The van der Waals surface area contributed by atoms with Gasteiger partial charge >= 0.3 is 0 Å². The van der Waals surface area contributed by atoms with E-state index in [-0.39, 0.29) is 5.69 Å². The van der Waals surface area contributed by atoms with Gasteiger partial charge in [-0.1, -0.05) is 43.7 Å². The first-order valence-electron chi connectivity index (χ1n) is 12.6. The van der Waals surface area contributed by atoms with E-state index in [1.165, 1.54) is 18.2 Å². The lowest BCUT2D eigenvalue weighted by Gasteiger charge is -2.29. The molecule has 2 fully saturated rings. The molecule has 0 radical (unpaired) electrons. The van der Waals surface area contributed by atoms with Crippen LogP contribution in [0.15, 0.2) is 72.8 Å². The van der Waals surface area contributed by atoms with Gasteiger partial charge in [0.25, 0.3) is 5.91 Å². The minimum atomic E-state index is -1.04. The third-order valence-corrected chi connectivity index (χ3v) is 6.56. The number of benzene rings is 3. The number of amides is 2. The van der Waals surface area contributed by atoms with E-state index >= 15 is 0 Å². The Morgan fingerprint density at radius 2 is 1.65 bits per heavy atom. The Labute approximate surface area is 215 Å². The summed E-state index contributed by atoms with van der Waals surface area (Å²) in [5.41, 5.74) is 1.64. The minimum absolute atomic E-state index is 0.188. The van der Waals surface area contributed by atoms with Crippen LogP contribution in [-0.2, 0) is 14.4 Å². The zero-order valence-electron chi connectivity index (χ0n) is 20.8. The monoisotopic (exact) mass is 504 g/mol.